The van der Waals surface area contributed by atoms with Gasteiger partial charge in [-0.1, -0.05) is 70.3 Å². The van der Waals surface area contributed by atoms with Crippen molar-refractivity contribution in [3.63, 3.8) is 0 Å². The van der Waals surface area contributed by atoms with Crippen molar-refractivity contribution in [3.05, 3.63) is 52.0 Å². The molecule has 0 aromatic heterocycles. The van der Waals surface area contributed by atoms with Gasteiger partial charge in [0.15, 0.2) is 0 Å². The molecule has 2 aromatic rings. The molecule has 37 heavy (non-hydrogen) atoms. The van der Waals surface area contributed by atoms with Crippen molar-refractivity contribution in [2.24, 2.45) is 28.7 Å². The zero-order valence-corrected chi connectivity index (χ0v) is 24.3. The number of nitrogens with one attached hydrogen (secondary N) is 1. The molecule has 202 valence electrons. The average molecular weight is 568 g/mol. The Labute approximate surface area is 230 Å². The summed E-state index contributed by atoms with van der Waals surface area (Å²) in [6.07, 6.45) is 3.13. The largest absolute Gasteiger partial charge is 0.488 e. The maximum absolute atomic E-state index is 13.6. The van der Waals surface area contributed by atoms with E-state index in [-0.39, 0.29) is 27.1 Å². The molecule has 0 amide bonds. The van der Waals surface area contributed by atoms with Crippen molar-refractivity contribution in [2.45, 2.75) is 70.9 Å². The summed E-state index contributed by atoms with van der Waals surface area (Å²) in [5.74, 6) is 2.51. The van der Waals surface area contributed by atoms with Gasteiger partial charge in [0.2, 0.25) is 5.90 Å². The second-order valence-corrected chi connectivity index (χ2v) is 13.5. The van der Waals surface area contributed by atoms with Crippen molar-refractivity contribution >= 4 is 44.8 Å². The summed E-state index contributed by atoms with van der Waals surface area (Å²) in [5, 5.41) is 0.466. The third-order valence-corrected chi connectivity index (χ3v) is 9.09. The Kier molecular flexibility index (Phi) is 8.66. The number of rotatable bonds is 8. The molecule has 2 aromatic carbocycles. The van der Waals surface area contributed by atoms with Gasteiger partial charge in [0.25, 0.3) is 10.0 Å². The molecule has 0 unspecified atom stereocenters. The standard InChI is InChI=1S/C28H36Cl2N2O4S/c1-16(2)22-10-9-18(5)11-26(22)36-25-8-6-7-23(28-31-24(15-35-28)17(3)4)27(25)32-37(33,34)21-13-19(29)12-20(30)14-21/h6-8,12-14,16-18,22,24,26,32H,9-11,15H2,1-5H3/t18-,22+,24+,26-/m0/s1. The Balaban J connectivity index is 1.78. The lowest BCUT2D eigenvalue weighted by atomic mass is 9.75. The average Bonchev–Trinajstić information content (AvgIpc) is 3.30. The van der Waals surface area contributed by atoms with Crippen LogP contribution in [-0.4, -0.2) is 33.1 Å². The lowest BCUT2D eigenvalue weighted by Gasteiger charge is -2.37. The topological polar surface area (TPSA) is 77.0 Å². The van der Waals surface area contributed by atoms with Gasteiger partial charge >= 0.3 is 0 Å². The molecule has 2 aliphatic rings. The third-order valence-electron chi connectivity index (χ3n) is 7.32. The number of ether oxygens (including phenoxy) is 2. The third kappa shape index (κ3) is 6.55. The lowest BCUT2D eigenvalue weighted by molar-refractivity contribution is 0.0465. The summed E-state index contributed by atoms with van der Waals surface area (Å²) in [4.78, 5) is 4.72. The van der Waals surface area contributed by atoms with Crippen LogP contribution in [0.1, 0.15) is 59.4 Å². The van der Waals surface area contributed by atoms with Crippen LogP contribution in [0.2, 0.25) is 10.0 Å². The first-order chi connectivity index (χ1) is 17.4. The Bertz CT molecular complexity index is 1240. The molecule has 0 saturated heterocycles. The van der Waals surface area contributed by atoms with E-state index in [0.29, 0.717) is 53.2 Å². The van der Waals surface area contributed by atoms with E-state index in [4.69, 9.17) is 37.7 Å². The number of aliphatic imine (C=N–C) groups is 1. The summed E-state index contributed by atoms with van der Waals surface area (Å²) in [6, 6.07) is 9.70. The van der Waals surface area contributed by atoms with Crippen molar-refractivity contribution in [1.29, 1.82) is 0 Å². The van der Waals surface area contributed by atoms with Gasteiger partial charge in [0, 0.05) is 10.0 Å². The molecule has 1 saturated carbocycles. The molecule has 0 radical (unpaired) electrons. The van der Waals surface area contributed by atoms with Crippen LogP contribution in [0.4, 0.5) is 5.69 Å². The van der Waals surface area contributed by atoms with Gasteiger partial charge in [-0.2, -0.15) is 0 Å². The maximum atomic E-state index is 13.6. The Morgan fingerprint density at radius 3 is 2.38 bits per heavy atom. The number of halogens is 2. The normalized spacial score (nSPS) is 24.2. The molecule has 4 rings (SSSR count). The summed E-state index contributed by atoms with van der Waals surface area (Å²) in [6.45, 7) is 11.3. The SMILES string of the molecule is CC(C)[C@H]1CC[C@H](C)C[C@@H]1Oc1cccc(C2=N[C@@H](C(C)C)CO2)c1NS(=O)(=O)c1cc(Cl)cc(Cl)c1. The number of anilines is 1. The highest BCUT2D eigenvalue weighted by Gasteiger charge is 2.34. The smallest absolute Gasteiger partial charge is 0.262 e. The Hall–Kier alpha value is -1.96. The number of nitrogens with zero attached hydrogens (tertiary/aromatic N) is 1. The van der Waals surface area contributed by atoms with Gasteiger partial charge < -0.3 is 9.47 Å². The van der Waals surface area contributed by atoms with Crippen molar-refractivity contribution in [1.82, 2.24) is 0 Å². The lowest BCUT2D eigenvalue weighted by Crippen LogP contribution is -2.36. The Morgan fingerprint density at radius 2 is 1.76 bits per heavy atom. The second-order valence-electron chi connectivity index (χ2n) is 10.9. The minimum absolute atomic E-state index is 0.000263. The molecular formula is C28H36Cl2N2O4S. The fourth-order valence-electron chi connectivity index (χ4n) is 5.08. The van der Waals surface area contributed by atoms with Crippen LogP contribution < -0.4 is 9.46 Å². The van der Waals surface area contributed by atoms with Crippen molar-refractivity contribution < 1.29 is 17.9 Å². The van der Waals surface area contributed by atoms with E-state index in [1.807, 2.05) is 6.07 Å². The fourth-order valence-corrected chi connectivity index (χ4v) is 6.90. The minimum atomic E-state index is -4.05. The molecule has 1 fully saturated rings. The molecule has 0 spiro atoms. The number of benzene rings is 2. The van der Waals surface area contributed by atoms with Crippen molar-refractivity contribution in [2.75, 3.05) is 11.3 Å². The predicted molar refractivity (Wildman–Crippen MR) is 151 cm³/mol. The predicted octanol–water partition coefficient (Wildman–Crippen LogP) is 7.44. The van der Waals surface area contributed by atoms with E-state index < -0.39 is 10.0 Å². The molecule has 1 heterocycles. The Morgan fingerprint density at radius 1 is 1.05 bits per heavy atom. The van der Waals surface area contributed by atoms with Crippen LogP contribution in [0, 0.1) is 23.7 Å². The van der Waals surface area contributed by atoms with E-state index in [0.717, 1.165) is 12.8 Å². The highest BCUT2D eigenvalue weighted by Crippen LogP contribution is 2.40. The summed E-state index contributed by atoms with van der Waals surface area (Å²) in [5.41, 5.74) is 0.852. The van der Waals surface area contributed by atoms with Gasteiger partial charge in [0.05, 0.1) is 16.5 Å². The molecular weight excluding hydrogens is 531 g/mol. The zero-order chi connectivity index (χ0) is 26.9. The number of sulfonamides is 1. The van der Waals surface area contributed by atoms with Crippen LogP contribution in [0.3, 0.4) is 0 Å². The first-order valence-electron chi connectivity index (χ1n) is 12.9. The van der Waals surface area contributed by atoms with Crippen LogP contribution in [0.25, 0.3) is 0 Å². The fraction of sp³-hybridized carbons (Fsp3) is 0.536. The highest BCUT2D eigenvalue weighted by molar-refractivity contribution is 7.92. The van der Waals surface area contributed by atoms with Crippen LogP contribution >= 0.6 is 23.2 Å². The molecule has 1 aliphatic heterocycles. The summed E-state index contributed by atoms with van der Waals surface area (Å²) >= 11 is 12.2. The molecule has 1 aliphatic carbocycles. The first kappa shape index (κ1) is 28.1. The van der Waals surface area contributed by atoms with Gasteiger partial charge in [-0.25, -0.2) is 13.4 Å². The van der Waals surface area contributed by atoms with E-state index in [2.05, 4.69) is 39.3 Å². The quantitative estimate of drug-likeness (QED) is 0.360. The van der Waals surface area contributed by atoms with Gasteiger partial charge in [-0.15, -0.1) is 0 Å². The number of para-hydroxylation sites is 1. The highest BCUT2D eigenvalue weighted by atomic mass is 35.5. The maximum Gasteiger partial charge on any atom is 0.262 e. The minimum Gasteiger partial charge on any atom is -0.488 e. The second kappa shape index (κ2) is 11.4. The van der Waals surface area contributed by atoms with Gasteiger partial charge in [-0.05, 0) is 66.8 Å². The van der Waals surface area contributed by atoms with Crippen molar-refractivity contribution in [3.8, 4) is 5.75 Å². The summed E-state index contributed by atoms with van der Waals surface area (Å²) < 4.78 is 42.5. The summed E-state index contributed by atoms with van der Waals surface area (Å²) in [7, 11) is -4.05. The first-order valence-corrected chi connectivity index (χ1v) is 15.2. The van der Waals surface area contributed by atoms with Crippen LogP contribution in [0.5, 0.6) is 5.75 Å². The van der Waals surface area contributed by atoms with E-state index in [9.17, 15) is 8.42 Å². The van der Waals surface area contributed by atoms with Crippen LogP contribution in [0.15, 0.2) is 46.3 Å². The number of hydrogen-bond acceptors (Lipinski definition) is 5. The van der Waals surface area contributed by atoms with E-state index >= 15 is 0 Å². The zero-order valence-electron chi connectivity index (χ0n) is 22.0. The number of hydrogen-bond donors (Lipinski definition) is 1. The van der Waals surface area contributed by atoms with Gasteiger partial charge in [0.1, 0.15) is 24.1 Å². The monoisotopic (exact) mass is 566 g/mol. The molecule has 4 atom stereocenters. The molecule has 0 bridgehead atoms. The van der Waals surface area contributed by atoms with E-state index in [1.165, 1.54) is 24.6 Å². The molecule has 6 nitrogen and oxygen atoms in total. The van der Waals surface area contributed by atoms with Crippen LogP contribution in [-0.2, 0) is 14.8 Å². The van der Waals surface area contributed by atoms with E-state index in [1.54, 1.807) is 12.1 Å². The molecule has 1 N–H and O–H groups in total. The van der Waals surface area contributed by atoms with Gasteiger partial charge in [-0.3, -0.25) is 4.72 Å². The molecule has 9 heteroatoms.